The van der Waals surface area contributed by atoms with Crippen molar-refractivity contribution in [3.63, 3.8) is 0 Å². The molecule has 1 unspecified atom stereocenters. The summed E-state index contributed by atoms with van der Waals surface area (Å²) in [5.41, 5.74) is 10.2. The van der Waals surface area contributed by atoms with E-state index in [0.29, 0.717) is 13.1 Å². The summed E-state index contributed by atoms with van der Waals surface area (Å²) in [5.74, 6) is 0. The highest BCUT2D eigenvalue weighted by atomic mass is 15.1. The van der Waals surface area contributed by atoms with Crippen LogP contribution < -0.4 is 10.2 Å². The summed E-state index contributed by atoms with van der Waals surface area (Å²) >= 11 is 0. The van der Waals surface area contributed by atoms with Gasteiger partial charge in [-0.2, -0.15) is 5.26 Å². The lowest BCUT2D eigenvalue weighted by Gasteiger charge is -2.15. The zero-order valence-corrected chi connectivity index (χ0v) is 11.2. The third-order valence-corrected chi connectivity index (χ3v) is 2.72. The fourth-order valence-electron chi connectivity index (χ4n) is 1.64. The van der Waals surface area contributed by atoms with E-state index in [-0.39, 0.29) is 6.04 Å². The van der Waals surface area contributed by atoms with Crippen LogP contribution in [0.4, 0.5) is 5.69 Å². The fourth-order valence-corrected chi connectivity index (χ4v) is 1.64. The van der Waals surface area contributed by atoms with Crippen molar-refractivity contribution in [2.75, 3.05) is 32.1 Å². The molecule has 1 aromatic rings. The first kappa shape index (κ1) is 14.8. The zero-order chi connectivity index (χ0) is 14.1. The third-order valence-electron chi connectivity index (χ3n) is 2.72. The molecular formula is C13H18N6. The second-order valence-electron chi connectivity index (χ2n) is 4.31. The molecule has 0 spiro atoms. The van der Waals surface area contributed by atoms with E-state index < -0.39 is 0 Å². The molecule has 1 aromatic carbocycles. The van der Waals surface area contributed by atoms with Crippen molar-refractivity contribution in [3.05, 3.63) is 40.3 Å². The van der Waals surface area contributed by atoms with Gasteiger partial charge in [-0.05, 0) is 36.2 Å². The van der Waals surface area contributed by atoms with Gasteiger partial charge in [0, 0.05) is 31.2 Å². The lowest BCUT2D eigenvalue weighted by atomic mass is 10.1. The Bertz CT molecular complexity index is 467. The van der Waals surface area contributed by atoms with Gasteiger partial charge in [0.2, 0.25) is 0 Å². The van der Waals surface area contributed by atoms with Crippen molar-refractivity contribution in [1.82, 2.24) is 5.32 Å². The lowest BCUT2D eigenvalue weighted by molar-refractivity contribution is 0.607. The van der Waals surface area contributed by atoms with Gasteiger partial charge >= 0.3 is 0 Å². The van der Waals surface area contributed by atoms with Gasteiger partial charge < -0.3 is 4.90 Å². The van der Waals surface area contributed by atoms with E-state index in [1.807, 2.05) is 43.3 Å². The van der Waals surface area contributed by atoms with Gasteiger partial charge in [0.15, 0.2) is 0 Å². The van der Waals surface area contributed by atoms with Gasteiger partial charge in [-0.3, -0.25) is 5.32 Å². The van der Waals surface area contributed by atoms with E-state index in [2.05, 4.69) is 21.4 Å². The molecule has 1 rings (SSSR count). The molecule has 0 aliphatic carbocycles. The second kappa shape index (κ2) is 7.98. The molecule has 0 saturated heterocycles. The van der Waals surface area contributed by atoms with Crippen LogP contribution in [-0.4, -0.2) is 27.2 Å². The standard InChI is InChI=1S/C13H18N6/c1-19(2)12-6-4-11(5-7-12)13(10-14)16-8-3-9-17-18-15/h4-7,13,16H,3,8-9H2,1-2H3. The number of hydrogen-bond acceptors (Lipinski definition) is 4. The number of azide groups is 1. The monoisotopic (exact) mass is 258 g/mol. The van der Waals surface area contributed by atoms with Gasteiger partial charge in [0.25, 0.3) is 0 Å². The van der Waals surface area contributed by atoms with E-state index in [4.69, 9.17) is 10.8 Å². The Kier molecular flexibility index (Phi) is 6.23. The van der Waals surface area contributed by atoms with Crippen LogP contribution in [0.2, 0.25) is 0 Å². The summed E-state index contributed by atoms with van der Waals surface area (Å²) in [7, 11) is 3.95. The number of nitrogens with one attached hydrogen (secondary N) is 1. The minimum atomic E-state index is -0.331. The maximum atomic E-state index is 9.16. The molecule has 0 saturated carbocycles. The van der Waals surface area contributed by atoms with Crippen LogP contribution in [0, 0.1) is 11.3 Å². The van der Waals surface area contributed by atoms with E-state index in [1.165, 1.54) is 0 Å². The molecule has 0 aliphatic rings. The first-order chi connectivity index (χ1) is 9.19. The van der Waals surface area contributed by atoms with Gasteiger partial charge in [0.05, 0.1) is 6.07 Å². The van der Waals surface area contributed by atoms with Crippen LogP contribution >= 0.6 is 0 Å². The predicted octanol–water partition coefficient (Wildman–Crippen LogP) is 2.61. The topological polar surface area (TPSA) is 87.8 Å². The SMILES string of the molecule is CN(C)c1ccc(C(C#N)NCCCN=[N+]=[N-])cc1. The molecule has 0 aliphatic heterocycles. The Morgan fingerprint density at radius 1 is 1.42 bits per heavy atom. The molecular weight excluding hydrogens is 240 g/mol. The lowest BCUT2D eigenvalue weighted by Crippen LogP contribution is -2.21. The minimum Gasteiger partial charge on any atom is -0.378 e. The summed E-state index contributed by atoms with van der Waals surface area (Å²) in [6.45, 7) is 1.09. The maximum absolute atomic E-state index is 9.16. The highest BCUT2D eigenvalue weighted by Crippen LogP contribution is 2.17. The molecule has 0 amide bonds. The number of rotatable bonds is 7. The van der Waals surface area contributed by atoms with E-state index in [1.54, 1.807) is 0 Å². The second-order valence-corrected chi connectivity index (χ2v) is 4.31. The number of anilines is 1. The molecule has 0 aromatic heterocycles. The summed E-state index contributed by atoms with van der Waals surface area (Å²) in [5, 5.41) is 15.7. The Morgan fingerprint density at radius 2 is 2.11 bits per heavy atom. The Labute approximate surface area is 113 Å². The van der Waals surface area contributed by atoms with Crippen LogP contribution in [0.3, 0.4) is 0 Å². The molecule has 6 heteroatoms. The van der Waals surface area contributed by atoms with E-state index >= 15 is 0 Å². The van der Waals surface area contributed by atoms with Gasteiger partial charge in [-0.15, -0.1) is 0 Å². The number of hydrogen-bond donors (Lipinski definition) is 1. The molecule has 1 atom stereocenters. The van der Waals surface area contributed by atoms with Crippen molar-refractivity contribution in [3.8, 4) is 6.07 Å². The van der Waals surface area contributed by atoms with Crippen molar-refractivity contribution < 1.29 is 0 Å². The van der Waals surface area contributed by atoms with Crippen molar-refractivity contribution in [1.29, 1.82) is 5.26 Å². The molecule has 100 valence electrons. The van der Waals surface area contributed by atoms with Crippen LogP contribution in [-0.2, 0) is 0 Å². The highest BCUT2D eigenvalue weighted by Gasteiger charge is 2.09. The first-order valence-corrected chi connectivity index (χ1v) is 6.10. The summed E-state index contributed by atoms with van der Waals surface area (Å²) in [6.07, 6.45) is 0.720. The summed E-state index contributed by atoms with van der Waals surface area (Å²) in [4.78, 5) is 4.70. The molecule has 0 bridgehead atoms. The first-order valence-electron chi connectivity index (χ1n) is 6.10. The van der Waals surface area contributed by atoms with Crippen molar-refractivity contribution in [2.45, 2.75) is 12.5 Å². The van der Waals surface area contributed by atoms with Crippen LogP contribution in [0.25, 0.3) is 10.4 Å². The Balaban J connectivity index is 2.55. The predicted molar refractivity (Wildman–Crippen MR) is 75.8 cm³/mol. The zero-order valence-electron chi connectivity index (χ0n) is 11.2. The molecule has 19 heavy (non-hydrogen) atoms. The van der Waals surface area contributed by atoms with Crippen LogP contribution in [0.5, 0.6) is 0 Å². The van der Waals surface area contributed by atoms with Crippen molar-refractivity contribution >= 4 is 5.69 Å². The highest BCUT2D eigenvalue weighted by molar-refractivity contribution is 5.47. The molecule has 0 fully saturated rings. The maximum Gasteiger partial charge on any atom is 0.121 e. The normalized spacial score (nSPS) is 11.2. The number of benzene rings is 1. The van der Waals surface area contributed by atoms with Gasteiger partial charge in [-0.1, -0.05) is 17.2 Å². The molecule has 6 nitrogen and oxygen atoms in total. The van der Waals surface area contributed by atoms with Gasteiger partial charge in [0.1, 0.15) is 6.04 Å². The summed E-state index contributed by atoms with van der Waals surface area (Å²) in [6, 6.07) is 9.77. The Morgan fingerprint density at radius 3 is 2.63 bits per heavy atom. The fraction of sp³-hybridized carbons (Fsp3) is 0.462. The largest absolute Gasteiger partial charge is 0.378 e. The minimum absolute atomic E-state index is 0.331. The molecule has 0 heterocycles. The summed E-state index contributed by atoms with van der Waals surface area (Å²) < 4.78 is 0. The quantitative estimate of drug-likeness (QED) is 0.353. The van der Waals surface area contributed by atoms with Crippen molar-refractivity contribution in [2.24, 2.45) is 5.11 Å². The van der Waals surface area contributed by atoms with Crippen LogP contribution in [0.15, 0.2) is 29.4 Å². The molecule has 0 radical (unpaired) electrons. The number of nitriles is 1. The van der Waals surface area contributed by atoms with E-state index in [9.17, 15) is 0 Å². The van der Waals surface area contributed by atoms with E-state index in [0.717, 1.165) is 17.7 Å². The third kappa shape index (κ3) is 4.88. The smallest absolute Gasteiger partial charge is 0.121 e. The number of nitrogens with zero attached hydrogens (tertiary/aromatic N) is 5. The average molecular weight is 258 g/mol. The van der Waals surface area contributed by atoms with Gasteiger partial charge in [-0.25, -0.2) is 0 Å². The average Bonchev–Trinajstić information content (AvgIpc) is 2.43. The Hall–Kier alpha value is -2.22. The molecule has 1 N–H and O–H groups in total. The van der Waals surface area contributed by atoms with Crippen LogP contribution in [0.1, 0.15) is 18.0 Å².